The Labute approximate surface area is 109 Å². The lowest BCUT2D eigenvalue weighted by Crippen LogP contribution is -2.42. The number of carbonyl (C=O) groups excluding carboxylic acids is 2. The largest absolute Gasteiger partial charge is 0.477 e. The highest BCUT2D eigenvalue weighted by Gasteiger charge is 2.25. The molecule has 7 heteroatoms. The minimum atomic E-state index is -1.16. The molecule has 0 radical (unpaired) electrons. The number of nitrogens with two attached hydrogens (primary N) is 1. The van der Waals surface area contributed by atoms with Gasteiger partial charge < -0.3 is 16.2 Å². The minimum Gasteiger partial charge on any atom is -0.477 e. The number of primary amides is 1. The molecule has 0 spiro atoms. The quantitative estimate of drug-likeness (QED) is 0.692. The molecule has 0 bridgehead atoms. The van der Waals surface area contributed by atoms with Crippen LogP contribution in [-0.2, 0) is 4.79 Å². The van der Waals surface area contributed by atoms with Gasteiger partial charge in [0.25, 0.3) is 5.91 Å². The lowest BCUT2D eigenvalue weighted by molar-refractivity contribution is -0.125. The molecule has 1 aromatic heterocycles. The number of aromatic carboxylic acids is 1. The van der Waals surface area contributed by atoms with Gasteiger partial charge in [-0.25, -0.2) is 9.78 Å². The summed E-state index contributed by atoms with van der Waals surface area (Å²) < 4.78 is 0. The average molecular weight is 265 g/mol. The van der Waals surface area contributed by atoms with Gasteiger partial charge in [-0.05, 0) is 26.0 Å². The van der Waals surface area contributed by atoms with E-state index in [1.165, 1.54) is 12.1 Å². The summed E-state index contributed by atoms with van der Waals surface area (Å²) in [5.41, 5.74) is 4.39. The number of hydrogen-bond acceptors (Lipinski definition) is 4. The molecule has 7 nitrogen and oxygen atoms in total. The molecular weight excluding hydrogens is 250 g/mol. The molecule has 0 saturated heterocycles. The second-order valence-electron chi connectivity index (χ2n) is 4.67. The first kappa shape index (κ1) is 14.6. The summed E-state index contributed by atoms with van der Waals surface area (Å²) in [7, 11) is 0. The van der Waals surface area contributed by atoms with Crippen LogP contribution in [0.3, 0.4) is 0 Å². The van der Waals surface area contributed by atoms with E-state index in [1.807, 2.05) is 0 Å². The Morgan fingerprint density at radius 1 is 1.37 bits per heavy atom. The maximum absolute atomic E-state index is 11.7. The molecule has 19 heavy (non-hydrogen) atoms. The van der Waals surface area contributed by atoms with E-state index in [0.29, 0.717) is 0 Å². The zero-order valence-electron chi connectivity index (χ0n) is 10.6. The van der Waals surface area contributed by atoms with Crippen molar-refractivity contribution in [2.24, 2.45) is 11.1 Å². The van der Waals surface area contributed by atoms with E-state index in [4.69, 9.17) is 10.8 Å². The summed E-state index contributed by atoms with van der Waals surface area (Å²) in [6, 6.07) is 2.58. The minimum absolute atomic E-state index is 0.0852. The van der Waals surface area contributed by atoms with Crippen molar-refractivity contribution in [2.45, 2.75) is 13.8 Å². The monoisotopic (exact) mass is 265 g/mol. The van der Waals surface area contributed by atoms with E-state index < -0.39 is 23.2 Å². The van der Waals surface area contributed by atoms with Crippen molar-refractivity contribution >= 4 is 17.8 Å². The summed E-state index contributed by atoms with van der Waals surface area (Å²) in [6.45, 7) is 3.31. The topological polar surface area (TPSA) is 122 Å². The van der Waals surface area contributed by atoms with Gasteiger partial charge in [0.05, 0.1) is 11.0 Å². The molecule has 2 amide bonds. The summed E-state index contributed by atoms with van der Waals surface area (Å²) in [5.74, 6) is -2.13. The third-order valence-electron chi connectivity index (χ3n) is 2.60. The van der Waals surface area contributed by atoms with Gasteiger partial charge in [-0.1, -0.05) is 0 Å². The molecule has 1 aromatic rings. The van der Waals surface area contributed by atoms with Crippen LogP contribution in [0.5, 0.6) is 0 Å². The van der Waals surface area contributed by atoms with E-state index >= 15 is 0 Å². The van der Waals surface area contributed by atoms with Crippen molar-refractivity contribution in [1.29, 1.82) is 0 Å². The highest BCUT2D eigenvalue weighted by atomic mass is 16.4. The predicted molar refractivity (Wildman–Crippen MR) is 66.5 cm³/mol. The van der Waals surface area contributed by atoms with Crippen molar-refractivity contribution in [3.63, 3.8) is 0 Å². The fraction of sp³-hybridized carbons (Fsp3) is 0.333. The van der Waals surface area contributed by atoms with Crippen molar-refractivity contribution < 1.29 is 19.5 Å². The number of aromatic nitrogens is 1. The van der Waals surface area contributed by atoms with E-state index in [2.05, 4.69) is 10.3 Å². The molecule has 0 fully saturated rings. The number of carboxylic acids is 1. The highest BCUT2D eigenvalue weighted by molar-refractivity contribution is 5.95. The molecule has 0 unspecified atom stereocenters. The number of rotatable bonds is 5. The van der Waals surface area contributed by atoms with Gasteiger partial charge in [-0.3, -0.25) is 9.59 Å². The summed E-state index contributed by atoms with van der Waals surface area (Å²) >= 11 is 0. The SMILES string of the molecule is CC(C)(CNC(=O)c1ccc(C(=O)O)nc1)C(N)=O. The molecule has 0 aliphatic heterocycles. The molecule has 1 rings (SSSR count). The molecule has 102 valence electrons. The normalized spacial score (nSPS) is 10.8. The van der Waals surface area contributed by atoms with Crippen LogP contribution in [0.15, 0.2) is 18.3 Å². The molecule has 1 heterocycles. The summed E-state index contributed by atoms with van der Waals surface area (Å²) in [5, 5.41) is 11.2. The number of nitrogens with zero attached hydrogens (tertiary/aromatic N) is 1. The van der Waals surface area contributed by atoms with Crippen LogP contribution in [-0.4, -0.2) is 34.4 Å². The third-order valence-corrected chi connectivity index (χ3v) is 2.60. The van der Waals surface area contributed by atoms with Gasteiger partial charge in [-0.15, -0.1) is 0 Å². The van der Waals surface area contributed by atoms with Gasteiger partial charge in [0.1, 0.15) is 5.69 Å². The average Bonchev–Trinajstić information content (AvgIpc) is 2.36. The van der Waals surface area contributed by atoms with E-state index in [9.17, 15) is 14.4 Å². The van der Waals surface area contributed by atoms with Crippen LogP contribution >= 0.6 is 0 Å². The lowest BCUT2D eigenvalue weighted by Gasteiger charge is -2.20. The molecule has 0 aliphatic rings. The number of amides is 2. The number of carboxylic acid groups (broad SMARTS) is 1. The third kappa shape index (κ3) is 3.77. The Morgan fingerprint density at radius 2 is 2.00 bits per heavy atom. The Morgan fingerprint density at radius 3 is 2.42 bits per heavy atom. The van der Waals surface area contributed by atoms with Crippen LogP contribution in [0.1, 0.15) is 34.7 Å². The number of hydrogen-bond donors (Lipinski definition) is 3. The fourth-order valence-electron chi connectivity index (χ4n) is 1.15. The first-order chi connectivity index (χ1) is 8.74. The van der Waals surface area contributed by atoms with Gasteiger partial charge >= 0.3 is 5.97 Å². The Balaban J connectivity index is 2.69. The van der Waals surface area contributed by atoms with Crippen LogP contribution in [0.2, 0.25) is 0 Å². The van der Waals surface area contributed by atoms with Gasteiger partial charge in [0.15, 0.2) is 0 Å². The number of pyridine rings is 1. The van der Waals surface area contributed by atoms with Crippen LogP contribution < -0.4 is 11.1 Å². The highest BCUT2D eigenvalue weighted by Crippen LogP contribution is 2.12. The van der Waals surface area contributed by atoms with E-state index in [0.717, 1.165) is 6.20 Å². The standard InChI is InChI=1S/C12H15N3O4/c1-12(2,11(13)19)6-15-9(16)7-3-4-8(10(17)18)14-5-7/h3-5H,6H2,1-2H3,(H2,13,19)(H,15,16)(H,17,18). The molecule has 4 N–H and O–H groups in total. The maximum Gasteiger partial charge on any atom is 0.354 e. The van der Waals surface area contributed by atoms with Crippen LogP contribution in [0.4, 0.5) is 0 Å². The zero-order valence-corrected chi connectivity index (χ0v) is 10.6. The Bertz CT molecular complexity index is 508. The van der Waals surface area contributed by atoms with Crippen molar-refractivity contribution in [1.82, 2.24) is 10.3 Å². The van der Waals surface area contributed by atoms with Crippen molar-refractivity contribution in [2.75, 3.05) is 6.54 Å². The van der Waals surface area contributed by atoms with Crippen LogP contribution in [0, 0.1) is 5.41 Å². The number of nitrogens with one attached hydrogen (secondary N) is 1. The van der Waals surface area contributed by atoms with Crippen LogP contribution in [0.25, 0.3) is 0 Å². The van der Waals surface area contributed by atoms with Gasteiger partial charge in [-0.2, -0.15) is 0 Å². The first-order valence-corrected chi connectivity index (χ1v) is 5.51. The van der Waals surface area contributed by atoms with Crippen molar-refractivity contribution in [3.05, 3.63) is 29.6 Å². The summed E-state index contributed by atoms with van der Waals surface area (Å²) in [4.78, 5) is 37.1. The second-order valence-corrected chi connectivity index (χ2v) is 4.67. The maximum atomic E-state index is 11.7. The molecular formula is C12H15N3O4. The van der Waals surface area contributed by atoms with E-state index in [1.54, 1.807) is 13.8 Å². The zero-order chi connectivity index (χ0) is 14.6. The lowest BCUT2D eigenvalue weighted by atomic mass is 9.93. The summed E-state index contributed by atoms with van der Waals surface area (Å²) in [6.07, 6.45) is 1.16. The molecule has 0 saturated carbocycles. The van der Waals surface area contributed by atoms with Gasteiger partial charge in [0.2, 0.25) is 5.91 Å². The number of carbonyl (C=O) groups is 3. The second kappa shape index (κ2) is 5.47. The Kier molecular flexibility index (Phi) is 4.21. The smallest absolute Gasteiger partial charge is 0.354 e. The fourth-order valence-corrected chi connectivity index (χ4v) is 1.15. The predicted octanol–water partition coefficient (Wildman–Crippen LogP) is 0.0211. The first-order valence-electron chi connectivity index (χ1n) is 5.51. The molecule has 0 atom stereocenters. The molecule has 0 aromatic carbocycles. The van der Waals surface area contributed by atoms with Crippen molar-refractivity contribution in [3.8, 4) is 0 Å². The molecule has 0 aliphatic carbocycles. The van der Waals surface area contributed by atoms with Gasteiger partial charge in [0, 0.05) is 12.7 Å². The Hall–Kier alpha value is -2.44. The van der Waals surface area contributed by atoms with E-state index in [-0.39, 0.29) is 17.8 Å².